The topological polar surface area (TPSA) is 93.8 Å². The molecule has 0 spiro atoms. The molecule has 0 aliphatic carbocycles. The number of H-pyrrole nitrogens is 1. The van der Waals surface area contributed by atoms with E-state index in [1.807, 2.05) is 20.8 Å². The summed E-state index contributed by atoms with van der Waals surface area (Å²) < 4.78 is 40.2. The van der Waals surface area contributed by atoms with Crippen molar-refractivity contribution in [1.29, 1.82) is 5.26 Å². The molecule has 1 fully saturated rings. The van der Waals surface area contributed by atoms with Crippen molar-refractivity contribution >= 4 is 17.0 Å². The summed E-state index contributed by atoms with van der Waals surface area (Å²) in [5.41, 5.74) is 0.768. The Labute approximate surface area is 194 Å². The minimum Gasteiger partial charge on any atom is -0.349 e. The highest BCUT2D eigenvalue weighted by atomic mass is 19.4. The van der Waals surface area contributed by atoms with Crippen LogP contribution < -0.4 is 10.6 Å². The van der Waals surface area contributed by atoms with Crippen molar-refractivity contribution in [1.82, 2.24) is 24.4 Å². The van der Waals surface area contributed by atoms with Crippen LogP contribution in [0.25, 0.3) is 11.2 Å². The number of rotatable bonds is 4. The molecule has 3 heterocycles. The third-order valence-electron chi connectivity index (χ3n) is 6.53. The molecule has 1 unspecified atom stereocenters. The van der Waals surface area contributed by atoms with Gasteiger partial charge in [0, 0.05) is 38.3 Å². The zero-order valence-electron chi connectivity index (χ0n) is 19.4. The molecule has 0 amide bonds. The van der Waals surface area contributed by atoms with Gasteiger partial charge in [0.05, 0.1) is 18.1 Å². The number of nitriles is 1. The maximum atomic E-state index is 12.9. The number of nitrogens with zero attached hydrogens (tertiary/aromatic N) is 6. The minimum absolute atomic E-state index is 0.0291. The number of imidazole rings is 1. The van der Waals surface area contributed by atoms with Crippen LogP contribution in [0, 0.1) is 11.3 Å². The summed E-state index contributed by atoms with van der Waals surface area (Å²) in [6, 6.07) is 7.28. The average molecular weight is 474 g/mol. The number of hydrogen-bond acceptors (Lipinski definition) is 6. The van der Waals surface area contributed by atoms with E-state index in [0.29, 0.717) is 35.9 Å². The van der Waals surface area contributed by atoms with Crippen LogP contribution >= 0.6 is 0 Å². The fourth-order valence-electron chi connectivity index (χ4n) is 4.62. The van der Waals surface area contributed by atoms with Crippen LogP contribution in [0.5, 0.6) is 0 Å². The number of alkyl halides is 3. The van der Waals surface area contributed by atoms with E-state index in [1.165, 1.54) is 16.7 Å². The molecule has 11 heteroatoms. The summed E-state index contributed by atoms with van der Waals surface area (Å²) in [6.45, 7) is 7.25. The van der Waals surface area contributed by atoms with E-state index in [-0.39, 0.29) is 24.5 Å². The first-order chi connectivity index (χ1) is 16.0. The number of anilines is 1. The van der Waals surface area contributed by atoms with E-state index in [9.17, 15) is 18.0 Å². The number of aromatic amines is 1. The van der Waals surface area contributed by atoms with Crippen LogP contribution in [-0.2, 0) is 19.6 Å². The van der Waals surface area contributed by atoms with Gasteiger partial charge >= 0.3 is 11.9 Å². The number of aromatic nitrogens is 4. The molecule has 1 saturated heterocycles. The Bertz CT molecular complexity index is 1290. The molecule has 0 radical (unpaired) electrons. The lowest BCUT2D eigenvalue weighted by atomic mass is 9.99. The van der Waals surface area contributed by atoms with Gasteiger partial charge in [0.15, 0.2) is 11.5 Å². The molecule has 1 aromatic carbocycles. The second kappa shape index (κ2) is 8.76. The van der Waals surface area contributed by atoms with Gasteiger partial charge in [0.1, 0.15) is 11.3 Å². The molecule has 0 saturated carbocycles. The fourth-order valence-corrected chi connectivity index (χ4v) is 4.62. The van der Waals surface area contributed by atoms with Gasteiger partial charge in [-0.1, -0.05) is 12.1 Å². The normalized spacial score (nSPS) is 20.5. The highest BCUT2D eigenvalue weighted by Crippen LogP contribution is 2.33. The van der Waals surface area contributed by atoms with Crippen LogP contribution in [0.3, 0.4) is 0 Å². The van der Waals surface area contributed by atoms with Gasteiger partial charge in [0.2, 0.25) is 0 Å². The Morgan fingerprint density at radius 1 is 1.18 bits per heavy atom. The molecule has 3 aromatic rings. The van der Waals surface area contributed by atoms with Gasteiger partial charge in [-0.3, -0.25) is 9.47 Å². The van der Waals surface area contributed by atoms with Crippen LogP contribution in [0.1, 0.15) is 43.8 Å². The average Bonchev–Trinajstić information content (AvgIpc) is 3.21. The lowest BCUT2D eigenvalue weighted by molar-refractivity contribution is -0.137. The SMILES string of the molecule is CC(c1ccc(C(F)(F)F)cc1)N1C[C@H](C)N(c2nc(=O)n(C)c3nc(CC#N)[nH]c23)C[C@H]1C. The number of aryl methyl sites for hydroxylation is 1. The highest BCUT2D eigenvalue weighted by molar-refractivity contribution is 5.84. The van der Waals surface area contributed by atoms with Crippen molar-refractivity contribution in [3.63, 3.8) is 0 Å². The molecule has 1 aliphatic rings. The third kappa shape index (κ3) is 4.25. The smallest absolute Gasteiger partial charge is 0.349 e. The van der Waals surface area contributed by atoms with Gasteiger partial charge < -0.3 is 9.88 Å². The number of benzene rings is 1. The van der Waals surface area contributed by atoms with Crippen molar-refractivity contribution in [2.24, 2.45) is 7.05 Å². The Morgan fingerprint density at radius 2 is 1.85 bits per heavy atom. The van der Waals surface area contributed by atoms with E-state index >= 15 is 0 Å². The molecule has 2 aromatic heterocycles. The second-order valence-corrected chi connectivity index (χ2v) is 8.84. The Hall–Kier alpha value is -3.39. The molecule has 8 nitrogen and oxygen atoms in total. The van der Waals surface area contributed by atoms with Gasteiger partial charge in [-0.05, 0) is 38.5 Å². The first-order valence-corrected chi connectivity index (χ1v) is 11.0. The van der Waals surface area contributed by atoms with E-state index in [1.54, 1.807) is 7.05 Å². The van der Waals surface area contributed by atoms with Gasteiger partial charge in [-0.15, -0.1) is 0 Å². The molecular formula is C23H26F3N7O. The molecule has 3 atom stereocenters. The predicted octanol–water partition coefficient (Wildman–Crippen LogP) is 3.40. The molecule has 1 aliphatic heterocycles. The number of piperazine rings is 1. The molecule has 4 rings (SSSR count). The van der Waals surface area contributed by atoms with Crippen molar-refractivity contribution in [3.05, 3.63) is 51.7 Å². The Morgan fingerprint density at radius 3 is 2.47 bits per heavy atom. The lowest BCUT2D eigenvalue weighted by Crippen LogP contribution is -2.57. The maximum absolute atomic E-state index is 12.9. The van der Waals surface area contributed by atoms with Gasteiger partial charge in [0.25, 0.3) is 0 Å². The summed E-state index contributed by atoms with van der Waals surface area (Å²) in [7, 11) is 1.59. The largest absolute Gasteiger partial charge is 0.416 e. The van der Waals surface area contributed by atoms with Gasteiger partial charge in [-0.25, -0.2) is 9.78 Å². The molecule has 180 valence electrons. The minimum atomic E-state index is -4.36. The molecule has 34 heavy (non-hydrogen) atoms. The quantitative estimate of drug-likeness (QED) is 0.624. The highest BCUT2D eigenvalue weighted by Gasteiger charge is 2.35. The zero-order valence-corrected chi connectivity index (χ0v) is 19.4. The number of hydrogen-bond donors (Lipinski definition) is 1. The molecular weight excluding hydrogens is 447 g/mol. The van der Waals surface area contributed by atoms with Crippen LogP contribution in [0.15, 0.2) is 29.1 Å². The zero-order chi connectivity index (χ0) is 24.8. The number of nitrogens with one attached hydrogen (secondary N) is 1. The molecule has 1 N–H and O–H groups in total. The monoisotopic (exact) mass is 473 g/mol. The van der Waals surface area contributed by atoms with Crippen molar-refractivity contribution in [2.45, 2.75) is 51.5 Å². The first-order valence-electron chi connectivity index (χ1n) is 11.0. The lowest BCUT2D eigenvalue weighted by Gasteiger charge is -2.47. The number of halogens is 3. The Balaban J connectivity index is 1.61. The molecule has 0 bridgehead atoms. The summed E-state index contributed by atoms with van der Waals surface area (Å²) in [4.78, 5) is 28.7. The standard InChI is InChI=1S/C23H26F3N7O/c1-13-12-33(21-19-20(31(4)22(34)30-21)29-18(28-19)9-10-27)14(2)11-32(13)15(3)16-5-7-17(8-6-16)23(24,25)26/h5-8,13-15H,9,11-12H2,1-4H3,(H,28,29)/t13-,14+,15?/m1/s1. The first kappa shape index (κ1) is 23.8. The second-order valence-electron chi connectivity index (χ2n) is 8.84. The van der Waals surface area contributed by atoms with Crippen LogP contribution in [0.2, 0.25) is 0 Å². The number of fused-ring (bicyclic) bond motifs is 1. The summed E-state index contributed by atoms with van der Waals surface area (Å²) in [6.07, 6.45) is -4.27. The predicted molar refractivity (Wildman–Crippen MR) is 121 cm³/mol. The van der Waals surface area contributed by atoms with E-state index in [0.717, 1.165) is 17.7 Å². The Kier molecular flexibility index (Phi) is 6.12. The van der Waals surface area contributed by atoms with E-state index in [2.05, 4.69) is 30.8 Å². The third-order valence-corrected chi connectivity index (χ3v) is 6.53. The summed E-state index contributed by atoms with van der Waals surface area (Å²) in [5.74, 6) is 0.966. The summed E-state index contributed by atoms with van der Waals surface area (Å²) in [5, 5.41) is 9.03. The fraction of sp³-hybridized carbons (Fsp3) is 0.478. The van der Waals surface area contributed by atoms with Crippen molar-refractivity contribution < 1.29 is 13.2 Å². The van der Waals surface area contributed by atoms with Gasteiger partial charge in [-0.2, -0.15) is 23.4 Å². The van der Waals surface area contributed by atoms with E-state index < -0.39 is 17.4 Å². The van der Waals surface area contributed by atoms with E-state index in [4.69, 9.17) is 5.26 Å². The maximum Gasteiger partial charge on any atom is 0.416 e. The van der Waals surface area contributed by atoms with Crippen LogP contribution in [-0.4, -0.2) is 49.6 Å². The van der Waals surface area contributed by atoms with Crippen molar-refractivity contribution in [3.8, 4) is 6.07 Å². The van der Waals surface area contributed by atoms with Crippen molar-refractivity contribution in [2.75, 3.05) is 18.0 Å². The van der Waals surface area contributed by atoms with Crippen LogP contribution in [0.4, 0.5) is 19.0 Å². The summed E-state index contributed by atoms with van der Waals surface area (Å²) >= 11 is 0.